The molecule has 0 aliphatic carbocycles. The maximum absolute atomic E-state index is 13.6. The van der Waals surface area contributed by atoms with E-state index in [0.717, 1.165) is 45.0 Å². The van der Waals surface area contributed by atoms with Crippen LogP contribution in [0.5, 0.6) is 0 Å². The fourth-order valence-electron chi connectivity index (χ4n) is 2.81. The van der Waals surface area contributed by atoms with Gasteiger partial charge in [-0.15, -0.1) is 11.3 Å². The molecule has 0 radical (unpaired) electrons. The summed E-state index contributed by atoms with van der Waals surface area (Å²) in [4.78, 5) is 12.5. The largest absolute Gasteiger partial charge is 0.341 e. The number of rotatable bonds is 3. The molecule has 120 valence electrons. The second-order valence-electron chi connectivity index (χ2n) is 5.76. The lowest BCUT2D eigenvalue weighted by Gasteiger charge is -2.05. The summed E-state index contributed by atoms with van der Waals surface area (Å²) in [5.41, 5.74) is 7.28. The first-order valence-corrected chi connectivity index (χ1v) is 8.72. The zero-order chi connectivity index (χ0) is 16.7. The molecule has 1 N–H and O–H groups in total. The molecule has 0 saturated heterocycles. The van der Waals surface area contributed by atoms with Gasteiger partial charge in [-0.05, 0) is 42.8 Å². The second-order valence-corrected chi connectivity index (χ2v) is 6.65. The lowest BCUT2D eigenvalue weighted by molar-refractivity contribution is 0.619. The summed E-state index contributed by atoms with van der Waals surface area (Å²) in [6.07, 6.45) is 0.815. The van der Waals surface area contributed by atoms with E-state index in [1.54, 1.807) is 24.3 Å². The van der Waals surface area contributed by atoms with E-state index in [2.05, 4.69) is 29.0 Å². The molecule has 24 heavy (non-hydrogen) atoms. The minimum atomic E-state index is -0.197. The molecular formula is C19H16FN3S. The molecule has 0 aliphatic heterocycles. The van der Waals surface area contributed by atoms with Crippen molar-refractivity contribution in [3.8, 4) is 22.5 Å². The van der Waals surface area contributed by atoms with Crippen molar-refractivity contribution in [2.24, 2.45) is 0 Å². The lowest BCUT2D eigenvalue weighted by atomic mass is 10.0. The maximum atomic E-state index is 13.6. The molecule has 0 atom stereocenters. The Morgan fingerprint density at radius 3 is 2.75 bits per heavy atom. The van der Waals surface area contributed by atoms with Crippen molar-refractivity contribution in [2.75, 3.05) is 0 Å². The normalized spacial score (nSPS) is 11.3. The number of benzene rings is 2. The fourth-order valence-corrected chi connectivity index (χ4v) is 3.53. The predicted octanol–water partition coefficient (Wildman–Crippen LogP) is 5.36. The summed E-state index contributed by atoms with van der Waals surface area (Å²) >= 11 is 1.62. The van der Waals surface area contributed by atoms with Gasteiger partial charge < -0.3 is 4.98 Å². The Morgan fingerprint density at radius 1 is 1.12 bits per heavy atom. The van der Waals surface area contributed by atoms with Crippen molar-refractivity contribution >= 4 is 21.6 Å². The Hall–Kier alpha value is -2.53. The number of hydrogen-bond acceptors (Lipinski definition) is 3. The highest BCUT2D eigenvalue weighted by molar-refractivity contribution is 7.16. The molecule has 2 aromatic heterocycles. The molecule has 4 rings (SSSR count). The molecule has 0 fully saturated rings. The summed E-state index contributed by atoms with van der Waals surface area (Å²) in [6, 6.07) is 11.3. The van der Waals surface area contributed by atoms with Crippen LogP contribution >= 0.6 is 11.3 Å². The van der Waals surface area contributed by atoms with Crippen LogP contribution in [-0.4, -0.2) is 15.0 Å². The smallest absolute Gasteiger partial charge is 0.126 e. The Morgan fingerprint density at radius 2 is 1.96 bits per heavy atom. The molecular weight excluding hydrogens is 321 g/mol. The van der Waals surface area contributed by atoms with Gasteiger partial charge in [0.2, 0.25) is 0 Å². The van der Waals surface area contributed by atoms with Crippen LogP contribution in [-0.2, 0) is 6.42 Å². The zero-order valence-corrected chi connectivity index (χ0v) is 14.2. The van der Waals surface area contributed by atoms with Gasteiger partial charge in [0.05, 0.1) is 27.1 Å². The first-order chi connectivity index (χ1) is 11.7. The Balaban J connectivity index is 1.91. The molecule has 2 aromatic carbocycles. The number of thiazole rings is 1. The Kier molecular flexibility index (Phi) is 3.65. The number of hydrogen-bond donors (Lipinski definition) is 1. The van der Waals surface area contributed by atoms with E-state index in [4.69, 9.17) is 4.98 Å². The number of fused-ring (bicyclic) bond motifs is 1. The molecule has 0 bridgehead atoms. The number of nitrogens with zero attached hydrogens (tertiary/aromatic N) is 2. The number of imidazole rings is 1. The van der Waals surface area contributed by atoms with Crippen LogP contribution in [0.25, 0.3) is 32.7 Å². The van der Waals surface area contributed by atoms with Gasteiger partial charge in [0.15, 0.2) is 0 Å². The van der Waals surface area contributed by atoms with E-state index in [1.807, 2.05) is 17.6 Å². The van der Waals surface area contributed by atoms with Crippen molar-refractivity contribution in [1.29, 1.82) is 0 Å². The van der Waals surface area contributed by atoms with Crippen LogP contribution < -0.4 is 0 Å². The van der Waals surface area contributed by atoms with Crippen molar-refractivity contribution in [1.82, 2.24) is 15.0 Å². The molecule has 0 aliphatic rings. The number of halogens is 1. The van der Waals surface area contributed by atoms with Crippen molar-refractivity contribution < 1.29 is 4.39 Å². The monoisotopic (exact) mass is 337 g/mol. The summed E-state index contributed by atoms with van der Waals surface area (Å²) in [5.74, 6) is 0.726. The minimum absolute atomic E-state index is 0.197. The molecule has 0 amide bonds. The van der Waals surface area contributed by atoms with E-state index in [0.29, 0.717) is 5.56 Å². The summed E-state index contributed by atoms with van der Waals surface area (Å²) in [5, 5.41) is 0. The third-order valence-corrected chi connectivity index (χ3v) is 4.93. The summed E-state index contributed by atoms with van der Waals surface area (Å²) in [6.45, 7) is 3.84. The van der Waals surface area contributed by atoms with Crippen LogP contribution in [0, 0.1) is 12.7 Å². The number of aromatic nitrogens is 3. The highest BCUT2D eigenvalue weighted by Gasteiger charge is 2.15. The standard InChI is InChI=1S/C19H16FN3S/c1-3-17-22-18(12-4-6-14(20)11(2)8-12)19(23-17)13-5-7-15-16(9-13)24-10-21-15/h4-10H,3H2,1-2H3,(H,22,23). The van der Waals surface area contributed by atoms with Crippen LogP contribution in [0.1, 0.15) is 18.3 Å². The maximum Gasteiger partial charge on any atom is 0.126 e. The first kappa shape index (κ1) is 15.0. The van der Waals surface area contributed by atoms with Crippen molar-refractivity contribution in [3.63, 3.8) is 0 Å². The molecule has 5 heteroatoms. The van der Waals surface area contributed by atoms with Gasteiger partial charge in [0, 0.05) is 17.5 Å². The van der Waals surface area contributed by atoms with Gasteiger partial charge in [-0.3, -0.25) is 0 Å². The number of aromatic amines is 1. The predicted molar refractivity (Wildman–Crippen MR) is 96.7 cm³/mol. The number of aryl methyl sites for hydroxylation is 2. The van der Waals surface area contributed by atoms with E-state index in [1.165, 1.54) is 6.07 Å². The molecule has 3 nitrogen and oxygen atoms in total. The zero-order valence-electron chi connectivity index (χ0n) is 13.4. The third-order valence-electron chi connectivity index (χ3n) is 4.14. The third kappa shape index (κ3) is 2.51. The van der Waals surface area contributed by atoms with E-state index in [9.17, 15) is 4.39 Å². The lowest BCUT2D eigenvalue weighted by Crippen LogP contribution is -1.87. The highest BCUT2D eigenvalue weighted by atomic mass is 32.1. The number of H-pyrrole nitrogens is 1. The van der Waals surface area contributed by atoms with Gasteiger partial charge in [-0.2, -0.15) is 0 Å². The van der Waals surface area contributed by atoms with Crippen molar-refractivity contribution in [3.05, 3.63) is 59.1 Å². The molecule has 0 saturated carbocycles. The molecule has 4 aromatic rings. The van der Waals surface area contributed by atoms with Gasteiger partial charge in [0.1, 0.15) is 11.6 Å². The molecule has 0 spiro atoms. The summed E-state index contributed by atoms with van der Waals surface area (Å²) in [7, 11) is 0. The van der Waals surface area contributed by atoms with Crippen LogP contribution in [0.3, 0.4) is 0 Å². The highest BCUT2D eigenvalue weighted by Crippen LogP contribution is 2.33. The van der Waals surface area contributed by atoms with Crippen LogP contribution in [0.15, 0.2) is 41.9 Å². The van der Waals surface area contributed by atoms with E-state index in [-0.39, 0.29) is 5.82 Å². The van der Waals surface area contributed by atoms with E-state index >= 15 is 0 Å². The van der Waals surface area contributed by atoms with Gasteiger partial charge in [-0.1, -0.05) is 13.0 Å². The quantitative estimate of drug-likeness (QED) is 0.546. The fraction of sp³-hybridized carbons (Fsp3) is 0.158. The van der Waals surface area contributed by atoms with Gasteiger partial charge in [-0.25, -0.2) is 14.4 Å². The van der Waals surface area contributed by atoms with Crippen LogP contribution in [0.4, 0.5) is 4.39 Å². The average molecular weight is 337 g/mol. The van der Waals surface area contributed by atoms with Gasteiger partial charge >= 0.3 is 0 Å². The average Bonchev–Trinajstić information content (AvgIpc) is 3.22. The van der Waals surface area contributed by atoms with Crippen LogP contribution in [0.2, 0.25) is 0 Å². The second kappa shape index (κ2) is 5.83. The minimum Gasteiger partial charge on any atom is -0.341 e. The topological polar surface area (TPSA) is 41.6 Å². The Labute approximate surface area is 143 Å². The Bertz CT molecular complexity index is 1030. The molecule has 0 unspecified atom stereocenters. The molecule has 2 heterocycles. The summed E-state index contributed by atoms with van der Waals surface area (Å²) < 4.78 is 14.8. The van der Waals surface area contributed by atoms with E-state index < -0.39 is 0 Å². The van der Waals surface area contributed by atoms with Gasteiger partial charge in [0.25, 0.3) is 0 Å². The van der Waals surface area contributed by atoms with Crippen molar-refractivity contribution in [2.45, 2.75) is 20.3 Å². The SMILES string of the molecule is CCc1nc(-c2ccc(F)c(C)c2)c(-c2ccc3ncsc3c2)[nH]1. The number of nitrogens with one attached hydrogen (secondary N) is 1. The first-order valence-electron chi connectivity index (χ1n) is 7.84.